The molecule has 0 spiro atoms. The predicted molar refractivity (Wildman–Crippen MR) is 86.2 cm³/mol. The van der Waals surface area contributed by atoms with Gasteiger partial charge < -0.3 is 5.32 Å². The quantitative estimate of drug-likeness (QED) is 0.857. The van der Waals surface area contributed by atoms with Crippen LogP contribution in [0.5, 0.6) is 0 Å². The van der Waals surface area contributed by atoms with Gasteiger partial charge in [-0.3, -0.25) is 0 Å². The predicted octanol–water partition coefficient (Wildman–Crippen LogP) is 4.57. The lowest BCUT2D eigenvalue weighted by atomic mass is 10.1. The third-order valence-electron chi connectivity index (χ3n) is 2.85. The number of hydrogen-bond acceptors (Lipinski definition) is 5. The van der Waals surface area contributed by atoms with E-state index in [0.717, 1.165) is 17.3 Å². The van der Waals surface area contributed by atoms with E-state index in [1.54, 1.807) is 23.5 Å². The fourth-order valence-electron chi connectivity index (χ4n) is 1.82. The van der Waals surface area contributed by atoms with Crippen molar-refractivity contribution in [2.24, 2.45) is 0 Å². The molecule has 1 N–H and O–H groups in total. The van der Waals surface area contributed by atoms with Gasteiger partial charge in [0.2, 0.25) is 0 Å². The van der Waals surface area contributed by atoms with Crippen molar-refractivity contribution in [3.63, 3.8) is 0 Å². The summed E-state index contributed by atoms with van der Waals surface area (Å²) in [6.45, 7) is 6.03. The molecule has 0 saturated carbocycles. The molecule has 0 radical (unpaired) electrons. The van der Waals surface area contributed by atoms with Crippen LogP contribution in [0.1, 0.15) is 41.6 Å². The van der Waals surface area contributed by atoms with E-state index in [0.29, 0.717) is 9.88 Å². The molecule has 1 fully saturated rings. The van der Waals surface area contributed by atoms with Gasteiger partial charge in [0.15, 0.2) is 5.69 Å². The number of rotatable bonds is 3. The maximum absolute atomic E-state index is 13.2. The number of thiazole rings is 1. The van der Waals surface area contributed by atoms with Gasteiger partial charge in [0.05, 0.1) is 10.1 Å². The first-order valence-corrected chi connectivity index (χ1v) is 9.70. The van der Waals surface area contributed by atoms with Crippen molar-refractivity contribution in [3.05, 3.63) is 15.6 Å². The van der Waals surface area contributed by atoms with Crippen LogP contribution in [-0.4, -0.2) is 27.8 Å². The number of nitrogens with one attached hydrogen (secondary N) is 1. The minimum atomic E-state index is -4.38. The monoisotopic (exact) mass is 356 g/mol. The Kier molecular flexibility index (Phi) is 5.55. The Morgan fingerprint density at radius 2 is 1.95 bits per heavy atom. The first-order valence-electron chi connectivity index (χ1n) is 6.68. The van der Waals surface area contributed by atoms with Crippen molar-refractivity contribution in [1.82, 2.24) is 10.3 Å². The number of hydrogen-bond donors (Lipinski definition) is 1. The Hall–Kier alpha value is 0.0800. The number of alkyl halides is 3. The summed E-state index contributed by atoms with van der Waals surface area (Å²) in [5, 5.41) is 3.84. The summed E-state index contributed by atoms with van der Waals surface area (Å²) < 4.78 is 39.5. The van der Waals surface area contributed by atoms with Crippen LogP contribution in [0.2, 0.25) is 0 Å². The van der Waals surface area contributed by atoms with E-state index in [1.165, 1.54) is 11.3 Å². The summed E-state index contributed by atoms with van der Waals surface area (Å²) >= 11 is 4.70. The molecule has 0 amide bonds. The third-order valence-corrected chi connectivity index (χ3v) is 6.93. The highest BCUT2D eigenvalue weighted by Gasteiger charge is 2.38. The summed E-state index contributed by atoms with van der Waals surface area (Å²) in [6.07, 6.45) is -4.38. The van der Waals surface area contributed by atoms with Crippen molar-refractivity contribution >= 4 is 34.9 Å². The molecule has 0 aliphatic carbocycles. The van der Waals surface area contributed by atoms with Crippen molar-refractivity contribution in [2.75, 3.05) is 17.3 Å². The first kappa shape index (κ1) is 17.4. The molecule has 2 nitrogen and oxygen atoms in total. The number of aromatic nitrogens is 1. The van der Waals surface area contributed by atoms with Crippen LogP contribution in [0, 0.1) is 0 Å². The van der Waals surface area contributed by atoms with Gasteiger partial charge in [-0.1, -0.05) is 0 Å². The topological polar surface area (TPSA) is 24.9 Å². The molecule has 1 aromatic heterocycles. The SMILES string of the molecule is CC(C)(C)NCc1sc(C2CSCCS2)nc1C(F)(F)F. The Bertz CT molecular complexity index is 474. The summed E-state index contributed by atoms with van der Waals surface area (Å²) in [5.74, 6) is 2.89. The zero-order valence-corrected chi connectivity index (χ0v) is 14.7. The molecule has 0 bridgehead atoms. The molecule has 2 rings (SSSR count). The smallest absolute Gasteiger partial charge is 0.307 e. The van der Waals surface area contributed by atoms with E-state index >= 15 is 0 Å². The summed E-state index contributed by atoms with van der Waals surface area (Å²) in [7, 11) is 0. The fraction of sp³-hybridized carbons (Fsp3) is 0.769. The van der Waals surface area contributed by atoms with Gasteiger partial charge in [-0.2, -0.15) is 24.9 Å². The highest BCUT2D eigenvalue weighted by atomic mass is 32.2. The van der Waals surface area contributed by atoms with Crippen LogP contribution in [0.3, 0.4) is 0 Å². The minimum Gasteiger partial charge on any atom is -0.307 e. The Balaban J connectivity index is 2.22. The van der Waals surface area contributed by atoms with Gasteiger partial charge in [-0.05, 0) is 20.8 Å². The van der Waals surface area contributed by atoms with Crippen molar-refractivity contribution < 1.29 is 13.2 Å². The van der Waals surface area contributed by atoms with Crippen molar-refractivity contribution in [3.8, 4) is 0 Å². The Morgan fingerprint density at radius 1 is 1.24 bits per heavy atom. The fourth-order valence-corrected chi connectivity index (χ4v) is 5.83. The number of thioether (sulfide) groups is 2. The van der Waals surface area contributed by atoms with Gasteiger partial charge in [0.25, 0.3) is 0 Å². The Morgan fingerprint density at radius 3 is 2.48 bits per heavy atom. The first-order chi connectivity index (χ1) is 9.67. The van der Waals surface area contributed by atoms with E-state index < -0.39 is 11.9 Å². The van der Waals surface area contributed by atoms with E-state index in [-0.39, 0.29) is 17.3 Å². The second kappa shape index (κ2) is 6.68. The lowest BCUT2D eigenvalue weighted by Crippen LogP contribution is -2.35. The molecule has 0 aromatic carbocycles. The highest BCUT2D eigenvalue weighted by Crippen LogP contribution is 2.42. The van der Waals surface area contributed by atoms with Gasteiger partial charge in [-0.25, -0.2) is 4.98 Å². The van der Waals surface area contributed by atoms with Gasteiger partial charge in [0, 0.05) is 29.3 Å². The van der Waals surface area contributed by atoms with Crippen molar-refractivity contribution in [2.45, 2.75) is 44.3 Å². The Labute approximate surface area is 135 Å². The molecule has 1 saturated heterocycles. The third kappa shape index (κ3) is 5.04. The molecule has 21 heavy (non-hydrogen) atoms. The van der Waals surface area contributed by atoms with Gasteiger partial charge in [0.1, 0.15) is 5.01 Å². The molecule has 1 aliphatic heterocycles. The highest BCUT2D eigenvalue weighted by molar-refractivity contribution is 8.06. The summed E-state index contributed by atoms with van der Waals surface area (Å²) in [6, 6.07) is 0. The van der Waals surface area contributed by atoms with E-state index in [4.69, 9.17) is 0 Å². The van der Waals surface area contributed by atoms with Crippen LogP contribution in [0.25, 0.3) is 0 Å². The van der Waals surface area contributed by atoms with Crippen LogP contribution in [0.4, 0.5) is 13.2 Å². The molecule has 120 valence electrons. The normalized spacial score (nSPS) is 20.8. The van der Waals surface area contributed by atoms with Gasteiger partial charge in [-0.15, -0.1) is 23.1 Å². The molecule has 1 aliphatic rings. The second-order valence-corrected chi connectivity index (χ2v) is 9.44. The van der Waals surface area contributed by atoms with E-state index in [9.17, 15) is 13.2 Å². The summed E-state index contributed by atoms with van der Waals surface area (Å²) in [4.78, 5) is 4.22. The number of nitrogens with zero attached hydrogens (tertiary/aromatic N) is 1. The largest absolute Gasteiger partial charge is 0.434 e. The van der Waals surface area contributed by atoms with E-state index in [2.05, 4.69) is 10.3 Å². The molecule has 1 atom stereocenters. The standard InChI is InChI=1S/C13H19F3N2S3/c1-12(2,3)17-6-8-10(13(14,15)16)18-11(21-8)9-7-19-4-5-20-9/h9,17H,4-7H2,1-3H3. The zero-order valence-electron chi connectivity index (χ0n) is 12.2. The van der Waals surface area contributed by atoms with Crippen LogP contribution in [0.15, 0.2) is 0 Å². The molecular weight excluding hydrogens is 337 g/mol. The molecule has 2 heterocycles. The average Bonchev–Trinajstić information content (AvgIpc) is 2.81. The zero-order chi connectivity index (χ0) is 15.7. The minimum absolute atomic E-state index is 0.0956. The molecular formula is C13H19F3N2S3. The van der Waals surface area contributed by atoms with Crippen molar-refractivity contribution in [1.29, 1.82) is 0 Å². The lowest BCUT2D eigenvalue weighted by Gasteiger charge is -2.20. The maximum atomic E-state index is 13.2. The molecule has 1 aromatic rings. The average molecular weight is 357 g/mol. The summed E-state index contributed by atoms with van der Waals surface area (Å²) in [5.41, 5.74) is -0.932. The maximum Gasteiger partial charge on any atom is 0.434 e. The van der Waals surface area contributed by atoms with Crippen LogP contribution < -0.4 is 5.32 Å². The molecule has 8 heteroatoms. The van der Waals surface area contributed by atoms with Crippen LogP contribution >= 0.6 is 34.9 Å². The van der Waals surface area contributed by atoms with Crippen LogP contribution in [-0.2, 0) is 12.7 Å². The van der Waals surface area contributed by atoms with E-state index in [1.807, 2.05) is 20.8 Å². The second-order valence-electron chi connectivity index (χ2n) is 5.86. The number of halogens is 3. The van der Waals surface area contributed by atoms with Gasteiger partial charge >= 0.3 is 6.18 Å². The molecule has 1 unspecified atom stereocenters. The lowest BCUT2D eigenvalue weighted by molar-refractivity contribution is -0.141.